The molecule has 1 saturated heterocycles. The quantitative estimate of drug-likeness (QED) is 0.682. The molecule has 2 aliphatic rings. The Labute approximate surface area is 175 Å². The molecule has 2 aliphatic heterocycles. The fraction of sp³-hybridized carbons (Fsp3) is 0.320. The van der Waals surface area contributed by atoms with Gasteiger partial charge >= 0.3 is 0 Å². The lowest BCUT2D eigenvalue weighted by Gasteiger charge is -2.29. The van der Waals surface area contributed by atoms with E-state index in [0.29, 0.717) is 40.7 Å². The zero-order valence-electron chi connectivity index (χ0n) is 17.3. The van der Waals surface area contributed by atoms with Crippen LogP contribution in [0.3, 0.4) is 0 Å². The van der Waals surface area contributed by atoms with Gasteiger partial charge in [-0.3, -0.25) is 4.79 Å². The van der Waals surface area contributed by atoms with Crippen molar-refractivity contribution >= 4 is 22.8 Å². The first-order chi connectivity index (χ1) is 14.5. The van der Waals surface area contributed by atoms with Gasteiger partial charge in [0, 0.05) is 22.9 Å². The Kier molecular flexibility index (Phi) is 4.63. The van der Waals surface area contributed by atoms with Crippen LogP contribution in [0.15, 0.2) is 46.6 Å². The van der Waals surface area contributed by atoms with Gasteiger partial charge in [-0.1, -0.05) is 36.9 Å². The number of Topliss-reactive ketones (excluding diaryl/α,β-unsaturated/α-hetero) is 1. The van der Waals surface area contributed by atoms with Crippen molar-refractivity contribution < 1.29 is 24.0 Å². The van der Waals surface area contributed by atoms with E-state index in [-0.39, 0.29) is 17.3 Å². The maximum Gasteiger partial charge on any atom is 0.232 e. The predicted molar refractivity (Wildman–Crippen MR) is 113 cm³/mol. The minimum Gasteiger partial charge on any atom is -0.872 e. The molecule has 154 valence electrons. The minimum absolute atomic E-state index is 0.0465. The van der Waals surface area contributed by atoms with Crippen molar-refractivity contribution in [3.05, 3.63) is 64.6 Å². The molecule has 5 rings (SSSR count). The summed E-state index contributed by atoms with van der Waals surface area (Å²) in [5.74, 6) is 1.62. The van der Waals surface area contributed by atoms with Crippen LogP contribution in [0, 0.1) is 12.8 Å². The smallest absolute Gasteiger partial charge is 0.232 e. The van der Waals surface area contributed by atoms with Crippen molar-refractivity contribution in [2.45, 2.75) is 33.2 Å². The molecule has 30 heavy (non-hydrogen) atoms. The Hall–Kier alpha value is -3.05. The molecular weight excluding hydrogens is 378 g/mol. The van der Waals surface area contributed by atoms with Gasteiger partial charge in [-0.25, -0.2) is 0 Å². The average molecular weight is 403 g/mol. The first kappa shape index (κ1) is 18.9. The van der Waals surface area contributed by atoms with Crippen LogP contribution in [0.5, 0.6) is 11.5 Å². The second kappa shape index (κ2) is 7.33. The number of hydrogen-bond donors (Lipinski definition) is 1. The molecule has 0 spiro atoms. The molecule has 1 N–H and O–H groups in total. The van der Waals surface area contributed by atoms with Gasteiger partial charge in [-0.2, -0.15) is 0 Å². The monoisotopic (exact) mass is 403 g/mol. The molecular formula is C25H25NO4. The Morgan fingerprint density at radius 1 is 1.27 bits per heavy atom. The fourth-order valence-electron chi connectivity index (χ4n) is 4.75. The molecule has 0 bridgehead atoms. The molecule has 0 aliphatic carbocycles. The van der Waals surface area contributed by atoms with Gasteiger partial charge < -0.3 is 19.2 Å². The van der Waals surface area contributed by atoms with E-state index in [4.69, 9.17) is 9.15 Å². The molecule has 2 aromatic carbocycles. The molecule has 0 amide bonds. The van der Waals surface area contributed by atoms with Crippen LogP contribution >= 0.6 is 0 Å². The topological polar surface area (TPSA) is 66.9 Å². The van der Waals surface area contributed by atoms with Gasteiger partial charge in [0.1, 0.15) is 23.6 Å². The highest BCUT2D eigenvalue weighted by Gasteiger charge is 2.33. The number of ketones is 1. The first-order valence-corrected chi connectivity index (χ1v) is 10.6. The number of ether oxygens (including phenoxy) is 1. The van der Waals surface area contributed by atoms with Gasteiger partial charge in [0.05, 0.1) is 18.7 Å². The Balaban J connectivity index is 1.50. The van der Waals surface area contributed by atoms with E-state index >= 15 is 0 Å². The fourth-order valence-corrected chi connectivity index (χ4v) is 4.75. The highest BCUT2D eigenvalue weighted by molar-refractivity contribution is 6.15. The number of hydrogen-bond acceptors (Lipinski definition) is 4. The highest BCUT2D eigenvalue weighted by Crippen LogP contribution is 2.40. The van der Waals surface area contributed by atoms with Crippen molar-refractivity contribution in [1.29, 1.82) is 0 Å². The summed E-state index contributed by atoms with van der Waals surface area (Å²) in [4.78, 5) is 14.5. The summed E-state index contributed by atoms with van der Waals surface area (Å²) in [6.07, 6.45) is 4.03. The number of nitrogens with one attached hydrogen (secondary N) is 1. The van der Waals surface area contributed by atoms with Crippen molar-refractivity contribution in [1.82, 2.24) is 0 Å². The number of carbonyl (C=O) groups excluding carboxylic acids is 1. The number of benzene rings is 2. The number of fused-ring (bicyclic) bond motifs is 2. The van der Waals surface area contributed by atoms with E-state index < -0.39 is 0 Å². The number of quaternary nitrogens is 1. The number of piperidine rings is 1. The molecule has 5 nitrogen and oxygen atoms in total. The SMILES string of the molecule is Cc1cc([O-])c(C[NH+]2CCCC(C)C2)c2c1C(=O)C(=Cc1cc3ccccc3o1)O2. The molecule has 1 aromatic heterocycles. The van der Waals surface area contributed by atoms with Crippen molar-refractivity contribution in [2.75, 3.05) is 13.1 Å². The Bertz CT molecular complexity index is 1140. The third-order valence-electron chi connectivity index (χ3n) is 6.21. The molecule has 3 aromatic rings. The first-order valence-electron chi connectivity index (χ1n) is 10.6. The van der Waals surface area contributed by atoms with E-state index in [2.05, 4.69) is 6.92 Å². The van der Waals surface area contributed by atoms with Gasteiger partial charge in [-0.15, -0.1) is 0 Å². The average Bonchev–Trinajstić information content (AvgIpc) is 3.26. The number of allylic oxidation sites excluding steroid dienone is 1. The van der Waals surface area contributed by atoms with E-state index in [1.54, 1.807) is 19.1 Å². The van der Waals surface area contributed by atoms with Crippen LogP contribution in [-0.2, 0) is 6.54 Å². The van der Waals surface area contributed by atoms with Gasteiger partial charge in [-0.05, 0) is 37.5 Å². The summed E-state index contributed by atoms with van der Waals surface area (Å²) in [5.41, 5.74) is 2.55. The maximum absolute atomic E-state index is 13.1. The molecule has 2 unspecified atom stereocenters. The number of furan rings is 1. The van der Waals surface area contributed by atoms with Crippen LogP contribution in [0.2, 0.25) is 0 Å². The summed E-state index contributed by atoms with van der Waals surface area (Å²) < 4.78 is 11.8. The van der Waals surface area contributed by atoms with Crippen LogP contribution in [0.1, 0.15) is 47.0 Å². The van der Waals surface area contributed by atoms with Crippen LogP contribution in [-0.4, -0.2) is 18.9 Å². The minimum atomic E-state index is -0.189. The standard InChI is InChI=1S/C25H25NO4/c1-15-6-5-9-26(13-15)14-19-20(27)10-16(2)23-24(28)22(30-25(19)23)12-18-11-17-7-3-4-8-21(17)29-18/h3-4,7-8,10-12,15,27H,5-6,9,13-14H2,1-2H3. The van der Waals surface area contributed by atoms with Gasteiger partial charge in [0.25, 0.3) is 0 Å². The lowest BCUT2D eigenvalue weighted by atomic mass is 9.97. The normalized spacial score (nSPS) is 22.5. The predicted octanol–water partition coefficient (Wildman–Crippen LogP) is 3.25. The third kappa shape index (κ3) is 3.29. The van der Waals surface area contributed by atoms with E-state index in [1.165, 1.54) is 11.3 Å². The number of para-hydroxylation sites is 1. The zero-order chi connectivity index (χ0) is 20.8. The largest absolute Gasteiger partial charge is 0.872 e. The summed E-state index contributed by atoms with van der Waals surface area (Å²) in [6.45, 7) is 6.73. The van der Waals surface area contributed by atoms with Crippen LogP contribution in [0.25, 0.3) is 17.0 Å². The zero-order valence-corrected chi connectivity index (χ0v) is 17.3. The van der Waals surface area contributed by atoms with Crippen molar-refractivity contribution in [3.8, 4) is 11.5 Å². The van der Waals surface area contributed by atoms with Crippen LogP contribution in [0.4, 0.5) is 0 Å². The molecule has 1 fully saturated rings. The van der Waals surface area contributed by atoms with Crippen molar-refractivity contribution in [2.24, 2.45) is 5.92 Å². The molecule has 3 heterocycles. The number of aryl methyl sites for hydroxylation is 1. The second-order valence-electron chi connectivity index (χ2n) is 8.63. The summed E-state index contributed by atoms with van der Waals surface area (Å²) in [5, 5.41) is 13.8. The van der Waals surface area contributed by atoms with E-state index in [1.807, 2.05) is 30.3 Å². The van der Waals surface area contributed by atoms with Gasteiger partial charge in [0.2, 0.25) is 5.78 Å². The lowest BCUT2D eigenvalue weighted by Crippen LogP contribution is -3.12. The lowest BCUT2D eigenvalue weighted by molar-refractivity contribution is -0.922. The number of likely N-dealkylation sites (tertiary alicyclic amines) is 1. The molecule has 0 saturated carbocycles. The second-order valence-corrected chi connectivity index (χ2v) is 8.63. The number of rotatable bonds is 3. The maximum atomic E-state index is 13.1. The summed E-state index contributed by atoms with van der Waals surface area (Å²) in [7, 11) is 0. The summed E-state index contributed by atoms with van der Waals surface area (Å²) in [6, 6.07) is 11.2. The van der Waals surface area contributed by atoms with E-state index in [0.717, 1.165) is 30.5 Å². The summed E-state index contributed by atoms with van der Waals surface area (Å²) >= 11 is 0. The highest BCUT2D eigenvalue weighted by atomic mass is 16.5. The Morgan fingerprint density at radius 3 is 2.90 bits per heavy atom. The van der Waals surface area contributed by atoms with Crippen LogP contribution < -0.4 is 14.7 Å². The Morgan fingerprint density at radius 2 is 2.10 bits per heavy atom. The van der Waals surface area contributed by atoms with Crippen molar-refractivity contribution in [3.63, 3.8) is 0 Å². The third-order valence-corrected chi connectivity index (χ3v) is 6.21. The molecule has 0 radical (unpaired) electrons. The van der Waals surface area contributed by atoms with Gasteiger partial charge in [0.15, 0.2) is 5.76 Å². The molecule has 2 atom stereocenters. The number of carbonyl (C=O) groups is 1. The van der Waals surface area contributed by atoms with E-state index in [9.17, 15) is 9.90 Å². The molecule has 5 heteroatoms.